The van der Waals surface area contributed by atoms with E-state index in [9.17, 15) is 0 Å². The van der Waals surface area contributed by atoms with E-state index < -0.39 is 0 Å². The number of hydrogen-bond donors (Lipinski definition) is 2. The van der Waals surface area contributed by atoms with Crippen LogP contribution in [0.5, 0.6) is 0 Å². The van der Waals surface area contributed by atoms with Gasteiger partial charge in [-0.15, -0.1) is 0 Å². The maximum atomic E-state index is 3.96. The van der Waals surface area contributed by atoms with Crippen molar-refractivity contribution in [2.45, 2.75) is 39.2 Å². The van der Waals surface area contributed by atoms with Crippen LogP contribution in [0.1, 0.15) is 38.2 Å². The van der Waals surface area contributed by atoms with Crippen molar-refractivity contribution in [3.05, 3.63) is 65.9 Å². The lowest BCUT2D eigenvalue weighted by molar-refractivity contribution is 0.441. The zero-order chi connectivity index (χ0) is 20.3. The molecule has 2 N–H and O–H groups in total. The summed E-state index contributed by atoms with van der Waals surface area (Å²) in [7, 11) is 0. The number of allylic oxidation sites excluding steroid dienone is 3. The summed E-state index contributed by atoms with van der Waals surface area (Å²) in [4.78, 5) is 4.90. The Labute approximate surface area is 177 Å². The number of likely N-dealkylation sites (tertiary alicyclic amines) is 1. The summed E-state index contributed by atoms with van der Waals surface area (Å²) in [6.07, 6.45) is 11.7. The van der Waals surface area contributed by atoms with Crippen LogP contribution in [0.4, 0.5) is 5.69 Å². The molecular weight excluding hydrogens is 356 g/mol. The fourth-order valence-corrected chi connectivity index (χ4v) is 4.06. The molecule has 2 heterocycles. The van der Waals surface area contributed by atoms with Gasteiger partial charge in [0.2, 0.25) is 0 Å². The molecule has 2 saturated heterocycles. The van der Waals surface area contributed by atoms with Gasteiger partial charge in [0.25, 0.3) is 0 Å². The minimum absolute atomic E-state index is 0.924. The van der Waals surface area contributed by atoms with E-state index in [-0.39, 0.29) is 0 Å². The van der Waals surface area contributed by atoms with Crippen molar-refractivity contribution >= 4 is 5.69 Å². The Bertz CT molecular complexity index is 677. The Balaban J connectivity index is 1.29. The van der Waals surface area contributed by atoms with E-state index >= 15 is 0 Å². The second kappa shape index (κ2) is 11.8. The van der Waals surface area contributed by atoms with E-state index in [1.54, 1.807) is 0 Å². The van der Waals surface area contributed by atoms with Crippen LogP contribution in [0.25, 0.3) is 0 Å². The molecule has 2 aliphatic rings. The molecule has 4 nitrogen and oxygen atoms in total. The number of hydrogen-bond acceptors (Lipinski definition) is 4. The van der Waals surface area contributed by atoms with Gasteiger partial charge in [-0.2, -0.15) is 0 Å². The van der Waals surface area contributed by atoms with E-state index in [4.69, 9.17) is 0 Å². The SMILES string of the molecule is C=C/C(=C\C=C(/C)CNCCNCc1ccc(N2CCCC2)cc1)N1CCCC1. The number of anilines is 1. The highest BCUT2D eigenvalue weighted by Crippen LogP contribution is 2.20. The molecule has 0 atom stereocenters. The quantitative estimate of drug-likeness (QED) is 0.437. The van der Waals surface area contributed by atoms with Crippen LogP contribution in [0.2, 0.25) is 0 Å². The molecule has 0 radical (unpaired) electrons. The maximum Gasteiger partial charge on any atom is 0.0366 e. The predicted molar refractivity (Wildman–Crippen MR) is 125 cm³/mol. The third-order valence-corrected chi connectivity index (χ3v) is 5.84. The first-order valence-electron chi connectivity index (χ1n) is 11.3. The maximum absolute atomic E-state index is 3.96. The van der Waals surface area contributed by atoms with Crippen LogP contribution >= 0.6 is 0 Å². The molecule has 0 saturated carbocycles. The highest BCUT2D eigenvalue weighted by atomic mass is 15.1. The number of nitrogens with one attached hydrogen (secondary N) is 2. The first-order valence-corrected chi connectivity index (χ1v) is 11.3. The van der Waals surface area contributed by atoms with E-state index in [2.05, 4.69) is 70.4 Å². The standard InChI is InChI=1S/C25H38N4/c1-3-24(28-16-4-5-17-28)11-8-22(2)20-26-14-15-27-21-23-9-12-25(13-10-23)29-18-6-7-19-29/h3,8-13,26-27H,1,4-7,14-21H2,2H3/b22-8+,24-11+. The lowest BCUT2D eigenvalue weighted by Gasteiger charge is -2.18. The van der Waals surface area contributed by atoms with E-state index in [0.717, 1.165) is 39.3 Å². The average Bonchev–Trinajstić information content (AvgIpc) is 3.46. The van der Waals surface area contributed by atoms with E-state index in [0.29, 0.717) is 0 Å². The van der Waals surface area contributed by atoms with Crippen LogP contribution in [0, 0.1) is 0 Å². The predicted octanol–water partition coefficient (Wildman–Crippen LogP) is 4.08. The second-order valence-electron chi connectivity index (χ2n) is 8.22. The molecule has 0 amide bonds. The minimum Gasteiger partial charge on any atom is -0.372 e. The number of rotatable bonds is 11. The molecule has 4 heteroatoms. The molecule has 0 bridgehead atoms. The molecule has 2 fully saturated rings. The van der Waals surface area contributed by atoms with E-state index in [1.807, 2.05) is 6.08 Å². The summed E-state index contributed by atoms with van der Waals surface area (Å²) < 4.78 is 0. The molecule has 1 aromatic carbocycles. The first kappa shape index (κ1) is 21.7. The summed E-state index contributed by atoms with van der Waals surface area (Å²) in [5.41, 5.74) is 5.32. The zero-order valence-electron chi connectivity index (χ0n) is 18.1. The molecule has 0 unspecified atom stereocenters. The van der Waals surface area contributed by atoms with Crippen molar-refractivity contribution in [3.63, 3.8) is 0 Å². The smallest absolute Gasteiger partial charge is 0.0366 e. The highest BCUT2D eigenvalue weighted by Gasteiger charge is 2.12. The fraction of sp³-hybridized carbons (Fsp3) is 0.520. The normalized spacial score (nSPS) is 18.0. The molecule has 158 valence electrons. The van der Waals surface area contributed by atoms with Gasteiger partial charge in [-0.05, 0) is 62.5 Å². The zero-order valence-corrected chi connectivity index (χ0v) is 18.1. The molecular formula is C25H38N4. The topological polar surface area (TPSA) is 30.5 Å². The van der Waals surface area contributed by atoms with Gasteiger partial charge < -0.3 is 20.4 Å². The molecule has 0 aliphatic carbocycles. The lowest BCUT2D eigenvalue weighted by Crippen LogP contribution is -2.28. The summed E-state index contributed by atoms with van der Waals surface area (Å²) in [6.45, 7) is 14.7. The van der Waals surface area contributed by atoms with Crippen LogP contribution in [-0.2, 0) is 6.54 Å². The van der Waals surface area contributed by atoms with Gasteiger partial charge in [-0.25, -0.2) is 0 Å². The third kappa shape index (κ3) is 7.06. The molecule has 0 aromatic heterocycles. The van der Waals surface area contributed by atoms with E-state index in [1.165, 1.54) is 61.3 Å². The number of benzene rings is 1. The second-order valence-corrected chi connectivity index (χ2v) is 8.22. The monoisotopic (exact) mass is 394 g/mol. The molecule has 29 heavy (non-hydrogen) atoms. The van der Waals surface area contributed by atoms with Gasteiger partial charge in [0.05, 0.1) is 0 Å². The average molecular weight is 395 g/mol. The molecule has 1 aromatic rings. The Morgan fingerprint density at radius 3 is 2.28 bits per heavy atom. The van der Waals surface area contributed by atoms with Crippen molar-refractivity contribution in [1.82, 2.24) is 15.5 Å². The summed E-state index contributed by atoms with van der Waals surface area (Å²) in [5.74, 6) is 0. The fourth-order valence-electron chi connectivity index (χ4n) is 4.06. The lowest BCUT2D eigenvalue weighted by atomic mass is 10.2. The van der Waals surface area contributed by atoms with Gasteiger partial charge in [0, 0.05) is 63.7 Å². The summed E-state index contributed by atoms with van der Waals surface area (Å²) in [5, 5.41) is 7.06. The van der Waals surface area contributed by atoms with Crippen molar-refractivity contribution in [2.24, 2.45) is 0 Å². The van der Waals surface area contributed by atoms with Crippen LogP contribution < -0.4 is 15.5 Å². The summed E-state index contributed by atoms with van der Waals surface area (Å²) >= 11 is 0. The Kier molecular flexibility index (Phi) is 8.84. The number of nitrogens with zero attached hydrogens (tertiary/aromatic N) is 2. The van der Waals surface area contributed by atoms with Gasteiger partial charge in [-0.1, -0.05) is 30.4 Å². The van der Waals surface area contributed by atoms with Crippen LogP contribution in [0.3, 0.4) is 0 Å². The van der Waals surface area contributed by atoms with Crippen LogP contribution in [-0.4, -0.2) is 50.7 Å². The third-order valence-electron chi connectivity index (χ3n) is 5.84. The van der Waals surface area contributed by atoms with Crippen LogP contribution in [0.15, 0.2) is 60.3 Å². The van der Waals surface area contributed by atoms with Crippen molar-refractivity contribution < 1.29 is 0 Å². The molecule has 0 spiro atoms. The first-order chi connectivity index (χ1) is 14.3. The molecule has 2 aliphatic heterocycles. The Hall–Kier alpha value is -2.04. The minimum atomic E-state index is 0.924. The Morgan fingerprint density at radius 1 is 0.931 bits per heavy atom. The largest absolute Gasteiger partial charge is 0.372 e. The van der Waals surface area contributed by atoms with Crippen molar-refractivity contribution in [3.8, 4) is 0 Å². The van der Waals surface area contributed by atoms with Crippen molar-refractivity contribution in [1.29, 1.82) is 0 Å². The van der Waals surface area contributed by atoms with Crippen molar-refractivity contribution in [2.75, 3.05) is 50.7 Å². The highest BCUT2D eigenvalue weighted by molar-refractivity contribution is 5.48. The molecule has 3 rings (SSSR count). The van der Waals surface area contributed by atoms with Gasteiger partial charge in [0.1, 0.15) is 0 Å². The van der Waals surface area contributed by atoms with Gasteiger partial charge >= 0.3 is 0 Å². The summed E-state index contributed by atoms with van der Waals surface area (Å²) in [6, 6.07) is 9.04. The van der Waals surface area contributed by atoms with Gasteiger partial charge in [0.15, 0.2) is 0 Å². The van der Waals surface area contributed by atoms with Gasteiger partial charge in [-0.3, -0.25) is 0 Å². The Morgan fingerprint density at radius 2 is 1.59 bits per heavy atom.